The number of benzene rings is 1. The number of hydrogen-bond acceptors (Lipinski definition) is 5. The Morgan fingerprint density at radius 2 is 1.94 bits per heavy atom. The van der Waals surface area contributed by atoms with Crippen molar-refractivity contribution in [2.24, 2.45) is 4.99 Å². The Bertz CT molecular complexity index is 1140. The lowest BCUT2D eigenvalue weighted by Crippen LogP contribution is -2.58. The van der Waals surface area contributed by atoms with E-state index >= 15 is 0 Å². The average Bonchev–Trinajstić information content (AvgIpc) is 3.25. The van der Waals surface area contributed by atoms with E-state index in [9.17, 15) is 23.6 Å². The first-order valence-corrected chi connectivity index (χ1v) is 11.9. The SMILES string of the molecule is CN(Cc1ccccc1C#N)C(=O)c1sc(C(=O)N2CC(F)(F)C2)cc1/N=C/N1CCCCC1. The van der Waals surface area contributed by atoms with Crippen molar-refractivity contribution in [3.05, 3.63) is 51.2 Å². The predicted molar refractivity (Wildman–Crippen MR) is 126 cm³/mol. The Labute approximate surface area is 200 Å². The summed E-state index contributed by atoms with van der Waals surface area (Å²) >= 11 is 0.964. The van der Waals surface area contributed by atoms with Gasteiger partial charge in [-0.3, -0.25) is 9.59 Å². The largest absolute Gasteiger partial charge is 0.363 e. The van der Waals surface area contributed by atoms with E-state index in [0.717, 1.165) is 42.2 Å². The van der Waals surface area contributed by atoms with E-state index in [4.69, 9.17) is 0 Å². The van der Waals surface area contributed by atoms with Crippen LogP contribution in [0.5, 0.6) is 0 Å². The lowest BCUT2D eigenvalue weighted by molar-refractivity contribution is -0.112. The van der Waals surface area contributed by atoms with Gasteiger partial charge in [-0.05, 0) is 37.0 Å². The molecule has 34 heavy (non-hydrogen) atoms. The van der Waals surface area contributed by atoms with Gasteiger partial charge in [0, 0.05) is 26.7 Å². The van der Waals surface area contributed by atoms with Crippen LogP contribution in [0, 0.1) is 11.3 Å². The number of aliphatic imine (C=N–C) groups is 1. The van der Waals surface area contributed by atoms with Gasteiger partial charge in [0.1, 0.15) is 4.88 Å². The average molecular weight is 486 g/mol. The summed E-state index contributed by atoms with van der Waals surface area (Å²) in [5.74, 6) is -3.74. The third-order valence-electron chi connectivity index (χ3n) is 5.89. The molecule has 178 valence electrons. The second-order valence-corrected chi connectivity index (χ2v) is 9.67. The molecule has 4 rings (SSSR count). The summed E-state index contributed by atoms with van der Waals surface area (Å²) in [6.45, 7) is 0.707. The van der Waals surface area contributed by atoms with E-state index in [-0.39, 0.29) is 22.2 Å². The number of amides is 2. The first-order valence-electron chi connectivity index (χ1n) is 11.1. The van der Waals surface area contributed by atoms with Crippen LogP contribution >= 0.6 is 11.3 Å². The maximum Gasteiger partial charge on any atom is 0.282 e. The van der Waals surface area contributed by atoms with Gasteiger partial charge in [0.05, 0.1) is 41.6 Å². The van der Waals surface area contributed by atoms with Crippen LogP contribution in [0.2, 0.25) is 0 Å². The summed E-state index contributed by atoms with van der Waals surface area (Å²) in [7, 11) is 1.62. The quantitative estimate of drug-likeness (QED) is 0.455. The van der Waals surface area contributed by atoms with Crippen LogP contribution in [-0.2, 0) is 6.54 Å². The van der Waals surface area contributed by atoms with Gasteiger partial charge < -0.3 is 14.7 Å². The molecule has 0 spiro atoms. The van der Waals surface area contributed by atoms with Crippen molar-refractivity contribution in [1.82, 2.24) is 14.7 Å². The van der Waals surface area contributed by atoms with Gasteiger partial charge >= 0.3 is 0 Å². The molecule has 1 aromatic carbocycles. The number of piperidine rings is 1. The number of likely N-dealkylation sites (tertiary alicyclic amines) is 2. The number of halogens is 2. The molecule has 0 radical (unpaired) electrons. The van der Waals surface area contributed by atoms with Crippen molar-refractivity contribution >= 4 is 35.2 Å². The molecule has 3 heterocycles. The van der Waals surface area contributed by atoms with Gasteiger partial charge in [-0.1, -0.05) is 18.2 Å². The van der Waals surface area contributed by atoms with E-state index in [1.165, 1.54) is 17.4 Å². The second-order valence-electron chi connectivity index (χ2n) is 8.61. The molecule has 1 aromatic heterocycles. The van der Waals surface area contributed by atoms with Crippen molar-refractivity contribution in [3.63, 3.8) is 0 Å². The lowest BCUT2D eigenvalue weighted by atomic mass is 10.1. The molecule has 2 fully saturated rings. The Balaban J connectivity index is 1.58. The topological polar surface area (TPSA) is 80.0 Å². The fourth-order valence-corrected chi connectivity index (χ4v) is 5.06. The smallest absolute Gasteiger partial charge is 0.282 e. The lowest BCUT2D eigenvalue weighted by Gasteiger charge is -2.38. The summed E-state index contributed by atoms with van der Waals surface area (Å²) in [6, 6.07) is 10.7. The zero-order valence-corrected chi connectivity index (χ0v) is 19.7. The standard InChI is InChI=1S/C24H25F2N5O2S/c1-29(13-18-8-4-3-7-17(18)12-27)23(33)21-19(28-16-30-9-5-2-6-10-30)11-20(34-21)22(32)31-14-24(25,26)15-31/h3-4,7-8,11,16H,2,5-6,9-10,13-15H2,1H3/b28-16+. The van der Waals surface area contributed by atoms with Crippen LogP contribution in [0.25, 0.3) is 0 Å². The van der Waals surface area contributed by atoms with Gasteiger partial charge in [0.2, 0.25) is 0 Å². The van der Waals surface area contributed by atoms with Crippen LogP contribution in [0.3, 0.4) is 0 Å². The molecule has 2 aliphatic rings. The Kier molecular flexibility index (Phi) is 6.93. The summed E-state index contributed by atoms with van der Waals surface area (Å²) in [4.78, 5) is 35.6. The monoisotopic (exact) mass is 485 g/mol. The summed E-state index contributed by atoms with van der Waals surface area (Å²) in [6.07, 6.45) is 4.99. The minimum atomic E-state index is -2.87. The molecule has 2 aromatic rings. The van der Waals surface area contributed by atoms with Crippen molar-refractivity contribution < 1.29 is 18.4 Å². The number of nitriles is 1. The zero-order valence-electron chi connectivity index (χ0n) is 18.8. The van der Waals surface area contributed by atoms with Crippen molar-refractivity contribution in [2.45, 2.75) is 31.7 Å². The predicted octanol–water partition coefficient (Wildman–Crippen LogP) is 4.13. The molecule has 0 atom stereocenters. The first kappa shape index (κ1) is 23.8. The molecule has 0 aliphatic carbocycles. The molecule has 0 saturated carbocycles. The number of alkyl halides is 2. The molecular weight excluding hydrogens is 460 g/mol. The first-order chi connectivity index (χ1) is 16.3. The van der Waals surface area contributed by atoms with Crippen LogP contribution in [0.4, 0.5) is 14.5 Å². The van der Waals surface area contributed by atoms with E-state index in [1.54, 1.807) is 37.7 Å². The number of hydrogen-bond donors (Lipinski definition) is 0. The number of carbonyl (C=O) groups excluding carboxylic acids is 2. The van der Waals surface area contributed by atoms with Crippen molar-refractivity contribution in [2.75, 3.05) is 33.2 Å². The zero-order chi connectivity index (χ0) is 24.3. The fourth-order valence-electron chi connectivity index (χ4n) is 3.99. The van der Waals surface area contributed by atoms with Crippen molar-refractivity contribution in [3.8, 4) is 6.07 Å². The highest BCUT2D eigenvalue weighted by Gasteiger charge is 2.46. The van der Waals surface area contributed by atoms with Crippen molar-refractivity contribution in [1.29, 1.82) is 5.26 Å². The number of nitrogens with zero attached hydrogens (tertiary/aromatic N) is 5. The van der Waals surface area contributed by atoms with E-state index in [1.807, 2.05) is 0 Å². The molecule has 0 unspecified atom stereocenters. The minimum absolute atomic E-state index is 0.204. The minimum Gasteiger partial charge on any atom is -0.363 e. The van der Waals surface area contributed by atoms with Gasteiger partial charge in [0.25, 0.3) is 17.7 Å². The van der Waals surface area contributed by atoms with Crippen LogP contribution in [0.15, 0.2) is 35.3 Å². The summed E-state index contributed by atoms with van der Waals surface area (Å²) in [5, 5.41) is 9.34. The maximum absolute atomic E-state index is 13.3. The second kappa shape index (κ2) is 9.89. The molecule has 0 bridgehead atoms. The van der Waals surface area contributed by atoms with E-state index in [0.29, 0.717) is 16.8 Å². The number of rotatable bonds is 6. The van der Waals surface area contributed by atoms with E-state index < -0.39 is 24.9 Å². The van der Waals surface area contributed by atoms with Gasteiger partial charge in [0.15, 0.2) is 0 Å². The maximum atomic E-state index is 13.3. The molecule has 7 nitrogen and oxygen atoms in total. The third kappa shape index (κ3) is 5.25. The van der Waals surface area contributed by atoms with Crippen LogP contribution in [0.1, 0.15) is 49.7 Å². The Hall–Kier alpha value is -3.32. The van der Waals surface area contributed by atoms with Crippen LogP contribution in [-0.4, -0.2) is 72.0 Å². The van der Waals surface area contributed by atoms with Gasteiger partial charge in [-0.25, -0.2) is 13.8 Å². The van der Waals surface area contributed by atoms with Gasteiger partial charge in [-0.2, -0.15) is 5.26 Å². The molecule has 2 saturated heterocycles. The number of carbonyl (C=O) groups is 2. The Morgan fingerprint density at radius 1 is 1.24 bits per heavy atom. The molecule has 2 aliphatic heterocycles. The third-order valence-corrected chi connectivity index (χ3v) is 6.99. The molecular formula is C24H25F2N5O2S. The highest BCUT2D eigenvalue weighted by Crippen LogP contribution is 2.35. The van der Waals surface area contributed by atoms with Crippen LogP contribution < -0.4 is 0 Å². The highest BCUT2D eigenvalue weighted by molar-refractivity contribution is 7.16. The summed E-state index contributed by atoms with van der Waals surface area (Å²) < 4.78 is 26.6. The molecule has 10 heteroatoms. The molecule has 0 N–H and O–H groups in total. The fraction of sp³-hybridized carbons (Fsp3) is 0.417. The normalized spacial score (nSPS) is 17.4. The summed E-state index contributed by atoms with van der Waals surface area (Å²) in [5.41, 5.74) is 1.53. The molecule has 2 amide bonds. The highest BCUT2D eigenvalue weighted by atomic mass is 32.1. The van der Waals surface area contributed by atoms with Gasteiger partial charge in [-0.15, -0.1) is 11.3 Å². The Morgan fingerprint density at radius 3 is 2.62 bits per heavy atom. The van der Waals surface area contributed by atoms with E-state index in [2.05, 4.69) is 16.0 Å². The number of thiophene rings is 1.